The SMILES string of the molecule is Cc1nc2ccc(-c3ccc(N)nn3)cc2o1. The summed E-state index contributed by atoms with van der Waals surface area (Å²) in [4.78, 5) is 4.24. The summed E-state index contributed by atoms with van der Waals surface area (Å²) in [5, 5.41) is 7.85. The van der Waals surface area contributed by atoms with E-state index in [1.165, 1.54) is 0 Å². The number of nitrogens with two attached hydrogens (primary N) is 1. The Morgan fingerprint density at radius 3 is 2.76 bits per heavy atom. The Hall–Kier alpha value is -2.43. The van der Waals surface area contributed by atoms with E-state index in [0.29, 0.717) is 11.7 Å². The first kappa shape index (κ1) is 9.77. The van der Waals surface area contributed by atoms with Gasteiger partial charge in [-0.3, -0.25) is 0 Å². The summed E-state index contributed by atoms with van der Waals surface area (Å²) in [5.41, 5.74) is 8.78. The highest BCUT2D eigenvalue weighted by atomic mass is 16.3. The number of aromatic nitrogens is 3. The number of anilines is 1. The topological polar surface area (TPSA) is 77.8 Å². The van der Waals surface area contributed by atoms with Gasteiger partial charge in [0, 0.05) is 12.5 Å². The second-order valence-electron chi connectivity index (χ2n) is 3.76. The van der Waals surface area contributed by atoms with E-state index in [4.69, 9.17) is 10.2 Å². The van der Waals surface area contributed by atoms with E-state index in [1.807, 2.05) is 31.2 Å². The molecule has 0 aliphatic rings. The predicted octanol–water partition coefficient (Wildman–Crippen LogP) is 2.18. The molecule has 3 rings (SSSR count). The van der Waals surface area contributed by atoms with E-state index in [0.717, 1.165) is 22.4 Å². The highest BCUT2D eigenvalue weighted by molar-refractivity contribution is 5.79. The second kappa shape index (κ2) is 3.55. The summed E-state index contributed by atoms with van der Waals surface area (Å²) < 4.78 is 5.47. The molecule has 0 fully saturated rings. The lowest BCUT2D eigenvalue weighted by molar-refractivity contribution is 0.561. The maximum absolute atomic E-state index is 5.50. The number of nitrogens with zero attached hydrogens (tertiary/aromatic N) is 3. The number of fused-ring (bicyclic) bond motifs is 1. The smallest absolute Gasteiger partial charge is 0.192 e. The Morgan fingerprint density at radius 1 is 1.12 bits per heavy atom. The van der Waals surface area contributed by atoms with Crippen molar-refractivity contribution in [3.63, 3.8) is 0 Å². The maximum atomic E-state index is 5.50. The van der Waals surface area contributed by atoms with Crippen LogP contribution in [0.15, 0.2) is 34.7 Å². The Kier molecular flexibility index (Phi) is 2.04. The van der Waals surface area contributed by atoms with Gasteiger partial charge in [-0.1, -0.05) is 6.07 Å². The van der Waals surface area contributed by atoms with Crippen molar-refractivity contribution in [3.8, 4) is 11.3 Å². The second-order valence-corrected chi connectivity index (χ2v) is 3.76. The molecule has 0 radical (unpaired) electrons. The zero-order chi connectivity index (χ0) is 11.8. The van der Waals surface area contributed by atoms with Gasteiger partial charge in [0.2, 0.25) is 0 Å². The average molecular weight is 226 g/mol. The van der Waals surface area contributed by atoms with Crippen molar-refractivity contribution < 1.29 is 4.42 Å². The standard InChI is InChI=1S/C12H10N4O/c1-7-14-10-3-2-8(6-11(10)17-7)9-4-5-12(13)16-15-9/h2-6H,1H3,(H2,13,16). The molecule has 5 nitrogen and oxygen atoms in total. The molecule has 2 aromatic heterocycles. The van der Waals surface area contributed by atoms with Crippen LogP contribution in [0.2, 0.25) is 0 Å². The summed E-state index contributed by atoms with van der Waals surface area (Å²) in [6, 6.07) is 9.28. The number of hydrogen-bond donors (Lipinski definition) is 1. The molecule has 0 amide bonds. The highest BCUT2D eigenvalue weighted by Gasteiger charge is 2.05. The molecule has 2 N–H and O–H groups in total. The summed E-state index contributed by atoms with van der Waals surface area (Å²) >= 11 is 0. The number of rotatable bonds is 1. The number of benzene rings is 1. The van der Waals surface area contributed by atoms with Crippen LogP contribution in [-0.2, 0) is 0 Å². The molecule has 0 saturated carbocycles. The van der Waals surface area contributed by atoms with Crippen LogP contribution in [0.3, 0.4) is 0 Å². The van der Waals surface area contributed by atoms with E-state index in [9.17, 15) is 0 Å². The summed E-state index contributed by atoms with van der Waals surface area (Å²) in [6.45, 7) is 1.82. The summed E-state index contributed by atoms with van der Waals surface area (Å²) in [7, 11) is 0. The molecule has 0 unspecified atom stereocenters. The first-order valence-corrected chi connectivity index (χ1v) is 5.19. The highest BCUT2D eigenvalue weighted by Crippen LogP contribution is 2.23. The molecule has 0 aliphatic carbocycles. The van der Waals surface area contributed by atoms with Gasteiger partial charge in [0.25, 0.3) is 0 Å². The molecule has 5 heteroatoms. The van der Waals surface area contributed by atoms with Gasteiger partial charge in [0.05, 0.1) is 5.69 Å². The fourth-order valence-electron chi connectivity index (χ4n) is 1.70. The van der Waals surface area contributed by atoms with Crippen molar-refractivity contribution in [2.24, 2.45) is 0 Å². The van der Waals surface area contributed by atoms with Crippen molar-refractivity contribution in [1.82, 2.24) is 15.2 Å². The average Bonchev–Trinajstić information content (AvgIpc) is 2.69. The van der Waals surface area contributed by atoms with E-state index in [-0.39, 0.29) is 0 Å². The molecule has 0 aliphatic heterocycles. The van der Waals surface area contributed by atoms with Crippen LogP contribution in [0, 0.1) is 6.92 Å². The third kappa shape index (κ3) is 1.71. The van der Waals surface area contributed by atoms with Crippen molar-refractivity contribution in [1.29, 1.82) is 0 Å². The van der Waals surface area contributed by atoms with Gasteiger partial charge < -0.3 is 10.2 Å². The van der Waals surface area contributed by atoms with Crippen LogP contribution in [-0.4, -0.2) is 15.2 Å². The molecule has 17 heavy (non-hydrogen) atoms. The van der Waals surface area contributed by atoms with Crippen LogP contribution in [0.1, 0.15) is 5.89 Å². The van der Waals surface area contributed by atoms with E-state index in [1.54, 1.807) is 6.07 Å². The molecular weight excluding hydrogens is 216 g/mol. The molecule has 2 heterocycles. The van der Waals surface area contributed by atoms with Gasteiger partial charge in [-0.15, -0.1) is 10.2 Å². The Bertz CT molecular complexity index is 673. The number of aryl methyl sites for hydroxylation is 1. The minimum Gasteiger partial charge on any atom is -0.441 e. The lowest BCUT2D eigenvalue weighted by atomic mass is 10.1. The van der Waals surface area contributed by atoms with Crippen LogP contribution in [0.4, 0.5) is 5.82 Å². The third-order valence-corrected chi connectivity index (χ3v) is 2.48. The van der Waals surface area contributed by atoms with Gasteiger partial charge in [0.15, 0.2) is 11.5 Å². The summed E-state index contributed by atoms with van der Waals surface area (Å²) in [6.07, 6.45) is 0. The zero-order valence-electron chi connectivity index (χ0n) is 9.21. The quantitative estimate of drug-likeness (QED) is 0.688. The molecule has 3 aromatic rings. The van der Waals surface area contributed by atoms with E-state index >= 15 is 0 Å². The van der Waals surface area contributed by atoms with Crippen LogP contribution < -0.4 is 5.73 Å². The molecule has 0 bridgehead atoms. The van der Waals surface area contributed by atoms with Gasteiger partial charge in [-0.05, 0) is 24.3 Å². The third-order valence-electron chi connectivity index (χ3n) is 2.48. The first-order valence-electron chi connectivity index (χ1n) is 5.19. The zero-order valence-corrected chi connectivity index (χ0v) is 9.21. The first-order chi connectivity index (χ1) is 8.22. The molecular formula is C12H10N4O. The molecule has 84 valence electrons. The van der Waals surface area contributed by atoms with Crippen LogP contribution in [0.25, 0.3) is 22.4 Å². The Morgan fingerprint density at radius 2 is 2.00 bits per heavy atom. The molecule has 0 spiro atoms. The number of hydrogen-bond acceptors (Lipinski definition) is 5. The summed E-state index contributed by atoms with van der Waals surface area (Å²) in [5.74, 6) is 1.06. The number of oxazole rings is 1. The predicted molar refractivity (Wildman–Crippen MR) is 64.2 cm³/mol. The lowest BCUT2D eigenvalue weighted by Gasteiger charge is -1.99. The fourth-order valence-corrected chi connectivity index (χ4v) is 1.70. The van der Waals surface area contributed by atoms with Crippen molar-refractivity contribution >= 4 is 16.9 Å². The van der Waals surface area contributed by atoms with Crippen molar-refractivity contribution in [2.75, 3.05) is 5.73 Å². The van der Waals surface area contributed by atoms with Gasteiger partial charge in [-0.25, -0.2) is 4.98 Å². The fraction of sp³-hybridized carbons (Fsp3) is 0.0833. The van der Waals surface area contributed by atoms with E-state index in [2.05, 4.69) is 15.2 Å². The van der Waals surface area contributed by atoms with Crippen molar-refractivity contribution in [2.45, 2.75) is 6.92 Å². The Labute approximate surface area is 97.3 Å². The largest absolute Gasteiger partial charge is 0.441 e. The van der Waals surface area contributed by atoms with E-state index < -0.39 is 0 Å². The maximum Gasteiger partial charge on any atom is 0.192 e. The monoisotopic (exact) mass is 226 g/mol. The Balaban J connectivity index is 2.13. The normalized spacial score (nSPS) is 10.9. The minimum absolute atomic E-state index is 0.408. The molecule has 1 aromatic carbocycles. The molecule has 0 atom stereocenters. The van der Waals surface area contributed by atoms with Crippen LogP contribution in [0.5, 0.6) is 0 Å². The minimum atomic E-state index is 0.408. The molecule has 0 saturated heterocycles. The van der Waals surface area contributed by atoms with Gasteiger partial charge >= 0.3 is 0 Å². The van der Waals surface area contributed by atoms with Gasteiger partial charge in [-0.2, -0.15) is 0 Å². The number of nitrogen functional groups attached to an aromatic ring is 1. The van der Waals surface area contributed by atoms with Crippen molar-refractivity contribution in [3.05, 3.63) is 36.2 Å². The lowest BCUT2D eigenvalue weighted by Crippen LogP contribution is -1.93. The van der Waals surface area contributed by atoms with Crippen LogP contribution >= 0.6 is 0 Å². The van der Waals surface area contributed by atoms with Gasteiger partial charge in [0.1, 0.15) is 11.3 Å².